The molecule has 0 heterocycles. The number of rotatable bonds is 9. The second kappa shape index (κ2) is 16.4. The molecule has 139 valence electrons. The minimum absolute atomic E-state index is 0. The van der Waals surface area contributed by atoms with Crippen LogP contribution in [0.15, 0.2) is 0 Å². The maximum Gasteiger partial charge on any atom is 2.00 e. The predicted octanol–water partition coefficient (Wildman–Crippen LogP) is -14.7. The molecular weight excluding hydrogens is 418 g/mol. The summed E-state index contributed by atoms with van der Waals surface area (Å²) in [6, 6.07) is 0. The quantitative estimate of drug-likeness (QED) is 0.323. The van der Waals surface area contributed by atoms with Gasteiger partial charge in [-0.3, -0.25) is 0 Å². The van der Waals surface area contributed by atoms with Gasteiger partial charge in [-0.05, 0) is 0 Å². The third-order valence-corrected chi connectivity index (χ3v) is 2.83. The van der Waals surface area contributed by atoms with Crippen LogP contribution in [0.25, 0.3) is 0 Å². The number of carbonyl (C=O) groups is 4. The predicted molar refractivity (Wildman–Crippen MR) is 59.6 cm³/mol. The van der Waals surface area contributed by atoms with E-state index in [1.54, 1.807) is 0 Å². The Labute approximate surface area is 197 Å². The van der Waals surface area contributed by atoms with Crippen LogP contribution in [0.3, 0.4) is 0 Å². The van der Waals surface area contributed by atoms with Crippen LogP contribution < -0.4 is 91.0 Å². The first-order chi connectivity index (χ1) is 8.92. The molecule has 0 aliphatic heterocycles. The molecule has 8 N–H and O–H groups in total. The molecule has 0 bridgehead atoms. The van der Waals surface area contributed by atoms with E-state index in [-0.39, 0.29) is 87.1 Å². The molecule has 12 nitrogen and oxygen atoms in total. The minimum Gasteiger partial charge on any atom is -0.550 e. The van der Waals surface area contributed by atoms with Crippen LogP contribution in [0.5, 0.6) is 0 Å². The van der Waals surface area contributed by atoms with Gasteiger partial charge in [-0.15, -0.1) is 0 Å². The number of carbonyl (C=O) groups excluding carboxylic acids is 4. The molecule has 0 aromatic heterocycles. The summed E-state index contributed by atoms with van der Waals surface area (Å²) in [6.45, 7) is 0. The van der Waals surface area contributed by atoms with E-state index in [0.717, 1.165) is 0 Å². The third-order valence-electron chi connectivity index (χ3n) is 2.83. The van der Waals surface area contributed by atoms with E-state index >= 15 is 0 Å². The van der Waals surface area contributed by atoms with Crippen molar-refractivity contribution in [2.45, 2.75) is 36.8 Å². The van der Waals surface area contributed by atoms with Crippen LogP contribution in [0, 0.1) is 0 Å². The molecule has 0 saturated carbocycles. The molecule has 0 aliphatic carbocycles. The van der Waals surface area contributed by atoms with Crippen LogP contribution in [-0.4, -0.2) is 45.9 Å². The summed E-state index contributed by atoms with van der Waals surface area (Å²) >= 11 is 0. The van der Waals surface area contributed by atoms with E-state index < -0.39 is 60.6 Å². The Kier molecular flexibility index (Phi) is 26.3. The number of hydrogen-bond acceptors (Lipinski definition) is 10. The molecule has 15 heteroatoms. The number of aliphatic carboxylic acids is 4. The van der Waals surface area contributed by atoms with Gasteiger partial charge in [0.25, 0.3) is 0 Å². The molecule has 0 aromatic rings. The number of nitrogens with two attached hydrogens (primary N) is 2. The van der Waals surface area contributed by atoms with Crippen LogP contribution in [0.4, 0.5) is 0 Å². The molecule has 1 radical (unpaired) electrons. The molecule has 0 saturated heterocycles. The maximum atomic E-state index is 10.6. The van der Waals surface area contributed by atoms with Crippen LogP contribution in [-0.2, 0) is 36.2 Å². The van der Waals surface area contributed by atoms with Crippen molar-refractivity contribution in [3.63, 3.8) is 0 Å². The first kappa shape index (κ1) is 40.1. The first-order valence-electron chi connectivity index (χ1n) is 5.29. The van der Waals surface area contributed by atoms with E-state index in [2.05, 4.69) is 0 Å². The van der Waals surface area contributed by atoms with Crippen molar-refractivity contribution >= 4 is 23.9 Å². The van der Waals surface area contributed by atoms with Gasteiger partial charge in [0, 0.05) is 60.6 Å². The molecule has 0 unspecified atom stereocenters. The number of carboxylic acid groups (broad SMARTS) is 4. The zero-order valence-corrected chi connectivity index (χ0v) is 18.5. The van der Waals surface area contributed by atoms with Crippen LogP contribution in [0.1, 0.15) is 25.7 Å². The minimum atomic E-state index is -2.43. The van der Waals surface area contributed by atoms with E-state index in [4.69, 9.17) is 11.5 Å². The van der Waals surface area contributed by atoms with Gasteiger partial charge in [0.15, 0.2) is 0 Å². The summed E-state index contributed by atoms with van der Waals surface area (Å²) in [5.41, 5.74) is 6.20. The topological polar surface area (TPSA) is 276 Å². The van der Waals surface area contributed by atoms with Gasteiger partial charge in [0.2, 0.25) is 0 Å². The zero-order valence-electron chi connectivity index (χ0n) is 13.6. The molecule has 0 fully saturated rings. The van der Waals surface area contributed by atoms with E-state index in [0.29, 0.717) is 0 Å². The first-order valence-corrected chi connectivity index (χ1v) is 5.29. The SMILES string of the molecule is NC(CC(=O)[O-])(CC(=O)[O-])C(N)(CC(=O)[O-])CC(=O)[O-].O.O.[Cu+2].[Na+].[Na+]. The van der Waals surface area contributed by atoms with Crippen molar-refractivity contribution < 1.29 is 127 Å². The molecule has 0 amide bonds. The average Bonchev–Trinajstić information content (AvgIpc) is 2.10. The summed E-state index contributed by atoms with van der Waals surface area (Å²) in [7, 11) is 0. The maximum absolute atomic E-state index is 10.6. The normalized spacial score (nSPS) is 9.52. The Bertz CT molecular complexity index is 379. The molecule has 0 rings (SSSR count). The summed E-state index contributed by atoms with van der Waals surface area (Å²) in [6.07, 6.45) is -4.73. The molecule has 0 spiro atoms. The standard InChI is InChI=1S/C10H16N2O8.Cu.2Na.2H2O/c11-9(1-5(13)14,2-6(15)16)10(12,3-7(17)18)4-8(19)20;;;;;/h1-4,11-12H2,(H,13,14)(H,15,16)(H,17,18)(H,19,20);;;;2*1H2/q;+2;2*+1;;/p-4. The number of hydrogen-bond donors (Lipinski definition) is 2. The summed E-state index contributed by atoms with van der Waals surface area (Å²) in [5, 5.41) is 42.5. The van der Waals surface area contributed by atoms with Crippen molar-refractivity contribution in [2.24, 2.45) is 11.5 Å². The van der Waals surface area contributed by atoms with Crippen LogP contribution >= 0.6 is 0 Å². The smallest absolute Gasteiger partial charge is 0.550 e. The Morgan fingerprint density at radius 1 is 0.600 bits per heavy atom. The Morgan fingerprint density at radius 3 is 0.800 bits per heavy atom. The second-order valence-electron chi connectivity index (χ2n) is 4.51. The van der Waals surface area contributed by atoms with E-state index in [1.807, 2.05) is 0 Å². The van der Waals surface area contributed by atoms with Crippen molar-refractivity contribution in [1.29, 1.82) is 0 Å². The fourth-order valence-electron chi connectivity index (χ4n) is 1.86. The van der Waals surface area contributed by atoms with Gasteiger partial charge in [0.05, 0.1) is 0 Å². The summed E-state index contributed by atoms with van der Waals surface area (Å²) < 4.78 is 0. The van der Waals surface area contributed by atoms with Crippen molar-refractivity contribution in [3.05, 3.63) is 0 Å². The van der Waals surface area contributed by atoms with Gasteiger partial charge >= 0.3 is 76.2 Å². The van der Waals surface area contributed by atoms with Gasteiger partial charge in [-0.1, -0.05) is 0 Å². The molecule has 0 aromatic carbocycles. The van der Waals surface area contributed by atoms with E-state index in [9.17, 15) is 39.6 Å². The molecule has 25 heavy (non-hydrogen) atoms. The monoisotopic (exact) mass is 433 g/mol. The average molecular weight is 434 g/mol. The Balaban J connectivity index is -0.000000180. The Morgan fingerprint density at radius 2 is 0.720 bits per heavy atom. The zero-order chi connectivity index (χ0) is 16.1. The number of carboxylic acids is 4. The van der Waals surface area contributed by atoms with Gasteiger partial charge < -0.3 is 62.0 Å². The van der Waals surface area contributed by atoms with Gasteiger partial charge in [-0.2, -0.15) is 0 Å². The summed E-state index contributed by atoms with van der Waals surface area (Å²) in [4.78, 5) is 42.5. The van der Waals surface area contributed by atoms with Crippen molar-refractivity contribution in [1.82, 2.24) is 0 Å². The largest absolute Gasteiger partial charge is 2.00 e. The van der Waals surface area contributed by atoms with Crippen molar-refractivity contribution in [2.75, 3.05) is 0 Å². The van der Waals surface area contributed by atoms with Gasteiger partial charge in [-0.25, -0.2) is 0 Å². The molecule has 0 aliphatic rings. The van der Waals surface area contributed by atoms with Gasteiger partial charge in [0.1, 0.15) is 0 Å². The van der Waals surface area contributed by atoms with Crippen LogP contribution in [0.2, 0.25) is 0 Å². The van der Waals surface area contributed by atoms with Crippen molar-refractivity contribution in [3.8, 4) is 0 Å². The van der Waals surface area contributed by atoms with E-state index in [1.165, 1.54) is 0 Å². The second-order valence-corrected chi connectivity index (χ2v) is 4.51. The third kappa shape index (κ3) is 14.0. The fourth-order valence-corrected chi connectivity index (χ4v) is 1.86. The Hall–Kier alpha value is 0.239. The summed E-state index contributed by atoms with van der Waals surface area (Å²) in [5.74, 6) is -7.33. The molecular formula is C10H16CuN2Na2O10. The fraction of sp³-hybridized carbons (Fsp3) is 0.600. The molecule has 0 atom stereocenters.